The highest BCUT2D eigenvalue weighted by molar-refractivity contribution is 7.79. The summed E-state index contributed by atoms with van der Waals surface area (Å²) in [4.78, 5) is 8.04. The first-order valence-corrected chi connectivity index (χ1v) is 8.94. The average molecular weight is 400 g/mol. The highest BCUT2D eigenvalue weighted by atomic mass is 32.2. The van der Waals surface area contributed by atoms with Gasteiger partial charge in [0.2, 0.25) is 11.2 Å². The molecule has 1 unspecified atom stereocenters. The summed E-state index contributed by atoms with van der Waals surface area (Å²) in [6, 6.07) is 7.14. The molecular weight excluding hydrogens is 384 g/mol. The molecule has 0 aliphatic heterocycles. The first-order chi connectivity index (χ1) is 12.8. The first kappa shape index (κ1) is 20.8. The summed E-state index contributed by atoms with van der Waals surface area (Å²) in [5.41, 5.74) is 0.126. The number of hydrogen-bond donors (Lipinski definition) is 0. The summed E-state index contributed by atoms with van der Waals surface area (Å²) >= 11 is -2.67. The number of ether oxygens (including phenoxy) is 1. The molecule has 0 N–H and O–H groups in total. The van der Waals surface area contributed by atoms with Crippen LogP contribution in [0.15, 0.2) is 47.6 Å². The minimum Gasteiger partial charge on any atom is -0.496 e. The Hall–Kier alpha value is -2.55. The summed E-state index contributed by atoms with van der Waals surface area (Å²) in [5.74, 6) is -0.00651. The average Bonchev–Trinajstić information content (AvgIpc) is 2.67. The summed E-state index contributed by atoms with van der Waals surface area (Å²) in [7, 11) is 1.26. The second kappa shape index (κ2) is 8.43. The summed E-state index contributed by atoms with van der Waals surface area (Å²) in [6.07, 6.45) is -3.31. The number of aromatic nitrogens is 2. The molecule has 144 valence electrons. The lowest BCUT2D eigenvalue weighted by molar-refractivity contribution is -0.137. The molecule has 4 nitrogen and oxygen atoms in total. The molecule has 0 aliphatic carbocycles. The number of rotatable bonds is 3. The summed E-state index contributed by atoms with van der Waals surface area (Å²) < 4.78 is 67.6. The number of alkyl halides is 3. The minimum absolute atomic E-state index is 0.00651. The highest BCUT2D eigenvalue weighted by Crippen LogP contribution is 2.38. The van der Waals surface area contributed by atoms with Gasteiger partial charge in [0.1, 0.15) is 12.1 Å². The van der Waals surface area contributed by atoms with E-state index < -0.39 is 22.9 Å². The van der Waals surface area contributed by atoms with Crippen molar-refractivity contribution < 1.29 is 26.0 Å². The van der Waals surface area contributed by atoms with E-state index in [-0.39, 0.29) is 10.6 Å². The third-order valence-electron chi connectivity index (χ3n) is 3.58. The molecule has 0 saturated carbocycles. The van der Waals surface area contributed by atoms with Crippen molar-refractivity contribution in [2.24, 2.45) is 0 Å². The van der Waals surface area contributed by atoms with Crippen LogP contribution in [-0.4, -0.2) is 21.3 Å². The predicted molar refractivity (Wildman–Crippen MR) is 95.4 cm³/mol. The van der Waals surface area contributed by atoms with E-state index in [1.807, 2.05) is 13.8 Å². The maximum absolute atomic E-state index is 13.0. The number of hydrogen-bond acceptors (Lipinski definition) is 4. The molecule has 9 heteroatoms. The van der Waals surface area contributed by atoms with Gasteiger partial charge in [-0.3, -0.25) is 0 Å². The van der Waals surface area contributed by atoms with Crippen LogP contribution in [-0.2, 0) is 17.4 Å². The molecule has 2 aromatic carbocycles. The standard InChI is InChI=1S/C16H10F4N2O2S.C2H6/c1-24-14-6-9(16(17,18)19)2-4-12(14)15-11-5-3-10(25(20)23)7-13(11)21-8-22-15;1-2/h2-8H,1H3;1-2H3. The van der Waals surface area contributed by atoms with Gasteiger partial charge in [-0.25, -0.2) is 14.2 Å². The third kappa shape index (κ3) is 4.41. The minimum atomic E-state index is -4.50. The van der Waals surface area contributed by atoms with Crippen LogP contribution in [0.2, 0.25) is 0 Å². The Morgan fingerprint density at radius 1 is 1.04 bits per heavy atom. The molecule has 1 heterocycles. The Labute approximate surface area is 156 Å². The van der Waals surface area contributed by atoms with Crippen LogP contribution in [0, 0.1) is 0 Å². The molecular formula is C18H16F4N2O2S. The van der Waals surface area contributed by atoms with Gasteiger partial charge in [-0.05, 0) is 36.4 Å². The number of fused-ring (bicyclic) bond motifs is 1. The monoisotopic (exact) mass is 400 g/mol. The van der Waals surface area contributed by atoms with Crippen LogP contribution in [0.4, 0.5) is 17.1 Å². The molecule has 0 radical (unpaired) electrons. The van der Waals surface area contributed by atoms with Crippen LogP contribution in [0.3, 0.4) is 0 Å². The summed E-state index contributed by atoms with van der Waals surface area (Å²) in [6.45, 7) is 4.00. The fourth-order valence-corrected chi connectivity index (χ4v) is 2.79. The smallest absolute Gasteiger partial charge is 0.416 e. The Kier molecular flexibility index (Phi) is 6.48. The zero-order chi connectivity index (χ0) is 20.2. The Bertz CT molecular complexity index is 977. The molecule has 27 heavy (non-hydrogen) atoms. The SMILES string of the molecule is CC.COc1cc(C(F)(F)F)ccc1-c1ncnc2cc(S(=O)F)ccc12. The van der Waals surface area contributed by atoms with Crippen molar-refractivity contribution in [2.75, 3.05) is 7.11 Å². The number of methoxy groups -OCH3 is 1. The number of benzene rings is 2. The van der Waals surface area contributed by atoms with E-state index in [9.17, 15) is 21.3 Å². The van der Waals surface area contributed by atoms with Gasteiger partial charge in [-0.2, -0.15) is 13.2 Å². The first-order valence-electron chi connectivity index (χ1n) is 7.89. The van der Waals surface area contributed by atoms with Crippen molar-refractivity contribution in [3.8, 4) is 17.0 Å². The van der Waals surface area contributed by atoms with E-state index in [0.29, 0.717) is 22.2 Å². The van der Waals surface area contributed by atoms with E-state index in [1.54, 1.807) is 0 Å². The van der Waals surface area contributed by atoms with Gasteiger partial charge >= 0.3 is 6.18 Å². The van der Waals surface area contributed by atoms with E-state index in [0.717, 1.165) is 12.1 Å². The van der Waals surface area contributed by atoms with Crippen LogP contribution < -0.4 is 4.74 Å². The predicted octanol–water partition coefficient (Wildman–Crippen LogP) is 5.34. The van der Waals surface area contributed by atoms with Crippen molar-refractivity contribution in [3.63, 3.8) is 0 Å². The fourth-order valence-electron chi connectivity index (χ4n) is 2.41. The Morgan fingerprint density at radius 3 is 2.33 bits per heavy atom. The van der Waals surface area contributed by atoms with E-state index >= 15 is 0 Å². The van der Waals surface area contributed by atoms with Gasteiger partial charge in [0.15, 0.2) is 0 Å². The lowest BCUT2D eigenvalue weighted by Crippen LogP contribution is -2.05. The van der Waals surface area contributed by atoms with Gasteiger partial charge in [0, 0.05) is 10.9 Å². The van der Waals surface area contributed by atoms with Crippen LogP contribution in [0.1, 0.15) is 19.4 Å². The van der Waals surface area contributed by atoms with Crippen LogP contribution >= 0.6 is 0 Å². The Morgan fingerprint density at radius 2 is 1.74 bits per heavy atom. The van der Waals surface area contributed by atoms with Gasteiger partial charge in [0.25, 0.3) is 0 Å². The van der Waals surface area contributed by atoms with E-state index in [2.05, 4.69) is 9.97 Å². The maximum atomic E-state index is 13.0. The molecule has 1 aromatic heterocycles. The number of nitrogens with zero attached hydrogens (tertiary/aromatic N) is 2. The summed E-state index contributed by atoms with van der Waals surface area (Å²) in [5, 5.41) is 0.467. The van der Waals surface area contributed by atoms with Crippen molar-refractivity contribution >= 4 is 22.1 Å². The Balaban J connectivity index is 0.00000126. The van der Waals surface area contributed by atoms with Crippen molar-refractivity contribution in [1.29, 1.82) is 0 Å². The molecule has 0 spiro atoms. The molecule has 0 fully saturated rings. The van der Waals surface area contributed by atoms with Gasteiger partial charge in [-0.1, -0.05) is 13.8 Å². The molecule has 3 aromatic rings. The largest absolute Gasteiger partial charge is 0.496 e. The van der Waals surface area contributed by atoms with E-state index in [1.165, 1.54) is 37.7 Å². The molecule has 0 aliphatic rings. The maximum Gasteiger partial charge on any atom is 0.416 e. The van der Waals surface area contributed by atoms with Gasteiger partial charge in [0.05, 0.1) is 28.8 Å². The van der Waals surface area contributed by atoms with E-state index in [4.69, 9.17) is 4.74 Å². The quantitative estimate of drug-likeness (QED) is 0.440. The van der Waals surface area contributed by atoms with Crippen molar-refractivity contribution in [2.45, 2.75) is 24.9 Å². The van der Waals surface area contributed by atoms with Gasteiger partial charge < -0.3 is 4.74 Å². The second-order valence-corrected chi connectivity index (χ2v) is 5.96. The fraction of sp³-hybridized carbons (Fsp3) is 0.222. The molecule has 0 bridgehead atoms. The van der Waals surface area contributed by atoms with Crippen LogP contribution in [0.25, 0.3) is 22.2 Å². The second-order valence-electron chi connectivity index (χ2n) is 5.04. The van der Waals surface area contributed by atoms with Crippen molar-refractivity contribution in [3.05, 3.63) is 48.3 Å². The lowest BCUT2D eigenvalue weighted by Gasteiger charge is -2.13. The molecule has 1 atom stereocenters. The molecule has 3 rings (SSSR count). The number of halogens is 4. The zero-order valence-electron chi connectivity index (χ0n) is 14.7. The van der Waals surface area contributed by atoms with Gasteiger partial charge in [-0.15, -0.1) is 3.89 Å². The molecule has 0 saturated heterocycles. The van der Waals surface area contributed by atoms with Crippen molar-refractivity contribution in [1.82, 2.24) is 9.97 Å². The third-order valence-corrected chi connectivity index (χ3v) is 4.20. The van der Waals surface area contributed by atoms with Crippen LogP contribution in [0.5, 0.6) is 5.75 Å². The lowest BCUT2D eigenvalue weighted by atomic mass is 10.0. The highest BCUT2D eigenvalue weighted by Gasteiger charge is 2.31. The normalized spacial score (nSPS) is 12.3. The molecule has 0 amide bonds. The topological polar surface area (TPSA) is 52.1 Å². The zero-order valence-corrected chi connectivity index (χ0v) is 15.5.